The van der Waals surface area contributed by atoms with Crippen molar-refractivity contribution >= 4 is 29.3 Å². The van der Waals surface area contributed by atoms with Crippen molar-refractivity contribution in [3.63, 3.8) is 0 Å². The highest BCUT2D eigenvalue weighted by atomic mass is 35.5. The van der Waals surface area contributed by atoms with Crippen molar-refractivity contribution in [1.29, 1.82) is 5.26 Å². The Morgan fingerprint density at radius 1 is 0.936 bits per heavy atom. The Morgan fingerprint density at radius 3 is 2.23 bits per heavy atom. The Labute approximate surface area is 276 Å². The summed E-state index contributed by atoms with van der Waals surface area (Å²) in [7, 11) is 1.73. The Kier molecular flexibility index (Phi) is 8.86. The Morgan fingerprint density at radius 2 is 1.57 bits per heavy atom. The first-order valence-corrected chi connectivity index (χ1v) is 15.1. The highest BCUT2D eigenvalue weighted by molar-refractivity contribution is 6.31. The summed E-state index contributed by atoms with van der Waals surface area (Å²) in [5, 5.41) is 18.2. The van der Waals surface area contributed by atoms with Gasteiger partial charge in [0.15, 0.2) is 0 Å². The van der Waals surface area contributed by atoms with Gasteiger partial charge < -0.3 is 10.1 Å². The molecule has 10 heteroatoms. The first kappa shape index (κ1) is 30.9. The predicted octanol–water partition coefficient (Wildman–Crippen LogP) is 7.12. The normalized spacial score (nSPS) is 11.2. The van der Waals surface area contributed by atoms with E-state index in [1.165, 1.54) is 10.8 Å². The number of carbonyl (C=O) groups is 1. The van der Waals surface area contributed by atoms with E-state index in [0.717, 1.165) is 16.8 Å². The van der Waals surface area contributed by atoms with Gasteiger partial charge in [-0.2, -0.15) is 10.4 Å². The van der Waals surface area contributed by atoms with Gasteiger partial charge in [0.1, 0.15) is 29.7 Å². The topological polar surface area (TPSA) is 107 Å². The lowest BCUT2D eigenvalue weighted by Gasteiger charge is -2.08. The smallest absolute Gasteiger partial charge is 0.295 e. The van der Waals surface area contributed by atoms with Gasteiger partial charge in [0.2, 0.25) is 0 Å². The van der Waals surface area contributed by atoms with Gasteiger partial charge in [-0.3, -0.25) is 14.3 Å². The number of aromatic nitrogens is 4. The second-order valence-corrected chi connectivity index (χ2v) is 11.1. The van der Waals surface area contributed by atoms with E-state index in [4.69, 9.17) is 21.4 Å². The zero-order chi connectivity index (χ0) is 32.9. The lowest BCUT2D eigenvalue weighted by atomic mass is 10.1. The number of halogens is 1. The molecule has 4 aromatic carbocycles. The van der Waals surface area contributed by atoms with Gasteiger partial charge in [-0.1, -0.05) is 66.2 Å². The van der Waals surface area contributed by atoms with Gasteiger partial charge in [0.05, 0.1) is 22.8 Å². The van der Waals surface area contributed by atoms with E-state index < -0.39 is 11.5 Å². The number of hydrogen-bond donors (Lipinski definition) is 1. The van der Waals surface area contributed by atoms with Crippen LogP contribution in [-0.2, 0) is 18.4 Å². The molecule has 6 rings (SSSR count). The third-order valence-electron chi connectivity index (χ3n) is 7.70. The lowest BCUT2D eigenvalue weighted by molar-refractivity contribution is -0.112. The number of amides is 1. The van der Waals surface area contributed by atoms with E-state index in [9.17, 15) is 14.9 Å². The molecule has 47 heavy (non-hydrogen) atoms. The third-order valence-corrected chi connectivity index (χ3v) is 8.07. The summed E-state index contributed by atoms with van der Waals surface area (Å²) >= 11 is 6.27. The van der Waals surface area contributed by atoms with Crippen LogP contribution in [0.3, 0.4) is 0 Å². The fourth-order valence-corrected chi connectivity index (χ4v) is 5.30. The van der Waals surface area contributed by atoms with Gasteiger partial charge >= 0.3 is 0 Å². The number of para-hydroxylation sites is 2. The molecule has 0 aliphatic rings. The zero-order valence-electron chi connectivity index (χ0n) is 25.6. The van der Waals surface area contributed by atoms with E-state index in [1.807, 2.05) is 103 Å². The fourth-order valence-electron chi connectivity index (χ4n) is 5.11. The van der Waals surface area contributed by atoms with Crippen molar-refractivity contribution in [2.75, 3.05) is 5.32 Å². The molecule has 6 aromatic rings. The summed E-state index contributed by atoms with van der Waals surface area (Å²) in [6, 6.07) is 35.5. The molecule has 232 valence electrons. The summed E-state index contributed by atoms with van der Waals surface area (Å²) in [5.41, 5.74) is 4.21. The number of nitrogens with zero attached hydrogens (tertiary/aromatic N) is 5. The lowest BCUT2D eigenvalue weighted by Crippen LogP contribution is -2.23. The van der Waals surface area contributed by atoms with Crippen molar-refractivity contribution in [3.8, 4) is 34.5 Å². The van der Waals surface area contributed by atoms with Crippen molar-refractivity contribution in [2.24, 2.45) is 7.05 Å². The van der Waals surface area contributed by atoms with E-state index in [1.54, 1.807) is 41.7 Å². The number of carbonyl (C=O) groups excluding carboxylic acids is 1. The highest BCUT2D eigenvalue weighted by Gasteiger charge is 2.21. The van der Waals surface area contributed by atoms with Crippen LogP contribution in [0.4, 0.5) is 5.69 Å². The summed E-state index contributed by atoms with van der Waals surface area (Å²) in [4.78, 5) is 26.9. The maximum absolute atomic E-state index is 13.5. The van der Waals surface area contributed by atoms with Gasteiger partial charge in [-0.05, 0) is 67.6 Å². The second kappa shape index (κ2) is 13.5. The molecule has 0 unspecified atom stereocenters. The fraction of sp³-hybridized carbons (Fsp3) is 0.0811. The number of rotatable bonds is 9. The van der Waals surface area contributed by atoms with Crippen LogP contribution in [0.5, 0.6) is 5.75 Å². The highest BCUT2D eigenvalue weighted by Crippen LogP contribution is 2.28. The van der Waals surface area contributed by atoms with Gasteiger partial charge in [-0.15, -0.1) is 0 Å². The zero-order valence-corrected chi connectivity index (χ0v) is 26.3. The second-order valence-electron chi connectivity index (χ2n) is 10.7. The molecule has 2 heterocycles. The molecule has 0 bridgehead atoms. The van der Waals surface area contributed by atoms with Crippen LogP contribution in [0.25, 0.3) is 28.7 Å². The summed E-state index contributed by atoms with van der Waals surface area (Å²) in [6.07, 6.45) is 3.24. The van der Waals surface area contributed by atoms with Crippen LogP contribution in [0, 0.1) is 18.3 Å². The van der Waals surface area contributed by atoms with Crippen molar-refractivity contribution in [2.45, 2.75) is 13.5 Å². The summed E-state index contributed by atoms with van der Waals surface area (Å²) in [6.45, 7) is 2.05. The molecule has 0 radical (unpaired) electrons. The summed E-state index contributed by atoms with van der Waals surface area (Å²) < 4.78 is 10.8. The minimum absolute atomic E-state index is 0.0927. The Hall–Kier alpha value is -6.11. The molecule has 0 atom stereocenters. The van der Waals surface area contributed by atoms with Gasteiger partial charge in [0.25, 0.3) is 11.5 Å². The molecule has 2 aromatic heterocycles. The van der Waals surface area contributed by atoms with E-state index in [0.29, 0.717) is 40.0 Å². The van der Waals surface area contributed by atoms with E-state index in [-0.39, 0.29) is 11.3 Å². The first-order chi connectivity index (χ1) is 22.8. The van der Waals surface area contributed by atoms with Crippen molar-refractivity contribution in [1.82, 2.24) is 19.1 Å². The minimum Gasteiger partial charge on any atom is -0.489 e. The van der Waals surface area contributed by atoms with Crippen LogP contribution in [-0.4, -0.2) is 25.1 Å². The summed E-state index contributed by atoms with van der Waals surface area (Å²) in [5.74, 6) is -0.0648. The van der Waals surface area contributed by atoms with Crippen LogP contribution in [0.1, 0.15) is 16.8 Å². The maximum atomic E-state index is 13.5. The third kappa shape index (κ3) is 6.50. The van der Waals surface area contributed by atoms with E-state index >= 15 is 0 Å². The molecule has 0 fully saturated rings. The molecular weight excluding hydrogens is 612 g/mol. The average Bonchev–Trinajstić information content (AvgIpc) is 3.62. The Balaban J connectivity index is 1.32. The van der Waals surface area contributed by atoms with Crippen LogP contribution >= 0.6 is 11.6 Å². The van der Waals surface area contributed by atoms with Crippen molar-refractivity contribution in [3.05, 3.63) is 153 Å². The largest absolute Gasteiger partial charge is 0.489 e. The number of nitrogens with one attached hydrogen (secondary N) is 1. The van der Waals surface area contributed by atoms with Gasteiger partial charge in [-0.25, -0.2) is 9.36 Å². The number of nitriles is 1. The van der Waals surface area contributed by atoms with Crippen LogP contribution < -0.4 is 15.6 Å². The maximum Gasteiger partial charge on any atom is 0.295 e. The van der Waals surface area contributed by atoms with Crippen LogP contribution in [0.15, 0.2) is 126 Å². The first-order valence-electron chi connectivity index (χ1n) is 14.7. The molecule has 1 N–H and O–H groups in total. The molecule has 0 saturated heterocycles. The Bertz CT molecular complexity index is 2190. The molecule has 0 aliphatic heterocycles. The van der Waals surface area contributed by atoms with E-state index in [2.05, 4.69) is 5.32 Å². The molecule has 0 saturated carbocycles. The number of benzene rings is 4. The quantitative estimate of drug-likeness (QED) is 0.134. The van der Waals surface area contributed by atoms with Crippen molar-refractivity contribution < 1.29 is 9.53 Å². The molecular formula is C37H29ClN6O3. The predicted molar refractivity (Wildman–Crippen MR) is 183 cm³/mol. The van der Waals surface area contributed by atoms with Gasteiger partial charge in [0, 0.05) is 35.0 Å². The number of ether oxygens (including phenoxy) is 1. The molecule has 0 aliphatic carbocycles. The molecule has 1 amide bonds. The standard InChI is InChI=1S/C37H29ClN6O3/c1-25-34(37(46)44(42(25)2)31-14-7-4-8-15-31)40-36(45)28(22-39)21-29-23-43(30-12-5-3-6-13-30)41-35(29)26-17-19-32(20-18-26)47-24-27-11-9-10-16-33(27)38/h3-21,23H,24H2,1-2H3,(H,40,45). The monoisotopic (exact) mass is 640 g/mol. The average molecular weight is 641 g/mol. The van der Waals surface area contributed by atoms with Crippen LogP contribution in [0.2, 0.25) is 5.02 Å². The number of anilines is 1. The number of hydrogen-bond acceptors (Lipinski definition) is 5. The molecule has 0 spiro atoms. The SMILES string of the molecule is Cc1c(NC(=O)C(C#N)=Cc2cn(-c3ccccc3)nc2-c2ccc(OCc3ccccc3Cl)cc2)c(=O)n(-c2ccccc2)n1C. The molecule has 9 nitrogen and oxygen atoms in total. The minimum atomic E-state index is -0.708.